The van der Waals surface area contributed by atoms with E-state index in [1.165, 1.54) is 0 Å². The Labute approximate surface area is 125 Å². The molecule has 0 bridgehead atoms. The summed E-state index contributed by atoms with van der Waals surface area (Å²) in [5.41, 5.74) is 7.18. The lowest BCUT2D eigenvalue weighted by Gasteiger charge is -2.11. The summed E-state index contributed by atoms with van der Waals surface area (Å²) in [7, 11) is 0. The number of carbonyl (C=O) groups is 1. The van der Waals surface area contributed by atoms with E-state index in [0.29, 0.717) is 19.3 Å². The Balaban J connectivity index is 1.82. The van der Waals surface area contributed by atoms with Crippen molar-refractivity contribution in [1.29, 1.82) is 0 Å². The quantitative estimate of drug-likeness (QED) is 0.862. The summed E-state index contributed by atoms with van der Waals surface area (Å²) >= 11 is 5.05. The van der Waals surface area contributed by atoms with Gasteiger partial charge in [-0.2, -0.15) is 0 Å². The number of ketones is 1. The third-order valence-electron chi connectivity index (χ3n) is 3.01. The number of hydrogen-bond donors (Lipinski definition) is 1. The van der Waals surface area contributed by atoms with Gasteiger partial charge >= 0.3 is 0 Å². The highest BCUT2D eigenvalue weighted by Crippen LogP contribution is 2.24. The Morgan fingerprint density at radius 3 is 2.63 bits per heavy atom. The summed E-state index contributed by atoms with van der Waals surface area (Å²) in [5.74, 6) is 0.245. The molecule has 2 aromatic rings. The molecule has 0 radical (unpaired) electrons. The van der Waals surface area contributed by atoms with Crippen molar-refractivity contribution >= 4 is 33.0 Å². The number of benzene rings is 1. The van der Waals surface area contributed by atoms with E-state index in [1.807, 2.05) is 41.8 Å². The van der Waals surface area contributed by atoms with Crippen molar-refractivity contribution in [3.8, 4) is 0 Å². The van der Waals surface area contributed by atoms with Gasteiger partial charge in [0.05, 0.1) is 0 Å². The van der Waals surface area contributed by atoms with Crippen LogP contribution in [-0.2, 0) is 11.2 Å². The first-order valence-electron chi connectivity index (χ1n) is 6.21. The molecule has 100 valence electrons. The van der Waals surface area contributed by atoms with E-state index in [2.05, 4.69) is 15.9 Å². The van der Waals surface area contributed by atoms with Gasteiger partial charge in [0.2, 0.25) is 0 Å². The molecule has 1 unspecified atom stereocenters. The van der Waals surface area contributed by atoms with Crippen LogP contribution in [0.5, 0.6) is 0 Å². The molecule has 2 nitrogen and oxygen atoms in total. The predicted octanol–water partition coefficient (Wildman–Crippen LogP) is 4.10. The minimum Gasteiger partial charge on any atom is -0.324 e. The minimum atomic E-state index is -0.0584. The maximum absolute atomic E-state index is 11.9. The largest absolute Gasteiger partial charge is 0.324 e. The minimum absolute atomic E-state index is 0.0584. The molecule has 0 aliphatic rings. The van der Waals surface area contributed by atoms with Crippen LogP contribution in [0.2, 0.25) is 0 Å². The van der Waals surface area contributed by atoms with Gasteiger partial charge in [0, 0.05) is 28.2 Å². The summed E-state index contributed by atoms with van der Waals surface area (Å²) in [6.45, 7) is 0. The van der Waals surface area contributed by atoms with Crippen LogP contribution in [0.3, 0.4) is 0 Å². The van der Waals surface area contributed by atoms with Gasteiger partial charge in [-0.05, 0) is 39.4 Å². The molecule has 1 atom stereocenters. The topological polar surface area (TPSA) is 43.1 Å². The van der Waals surface area contributed by atoms with Crippen LogP contribution in [0.4, 0.5) is 0 Å². The first kappa shape index (κ1) is 14.4. The number of nitrogens with two attached hydrogens (primary N) is 1. The van der Waals surface area contributed by atoms with Gasteiger partial charge in [0.15, 0.2) is 0 Å². The van der Waals surface area contributed by atoms with E-state index in [0.717, 1.165) is 14.9 Å². The van der Waals surface area contributed by atoms with Crippen molar-refractivity contribution in [3.63, 3.8) is 0 Å². The average molecular weight is 338 g/mol. The molecule has 0 saturated carbocycles. The van der Waals surface area contributed by atoms with Crippen LogP contribution >= 0.6 is 27.3 Å². The molecular formula is C15H16BrNOS. The molecular weight excluding hydrogens is 322 g/mol. The molecule has 0 spiro atoms. The molecule has 4 heteroatoms. The van der Waals surface area contributed by atoms with Crippen molar-refractivity contribution in [1.82, 2.24) is 0 Å². The normalized spacial score (nSPS) is 12.3. The molecule has 0 saturated heterocycles. The highest BCUT2D eigenvalue weighted by atomic mass is 79.9. The maximum Gasteiger partial charge on any atom is 0.138 e. The van der Waals surface area contributed by atoms with E-state index in [-0.39, 0.29) is 11.8 Å². The Bertz CT molecular complexity index is 538. The van der Waals surface area contributed by atoms with Crippen molar-refractivity contribution < 1.29 is 4.79 Å². The van der Waals surface area contributed by atoms with E-state index >= 15 is 0 Å². The van der Waals surface area contributed by atoms with E-state index in [4.69, 9.17) is 5.73 Å². The monoisotopic (exact) mass is 337 g/mol. The van der Waals surface area contributed by atoms with Crippen molar-refractivity contribution in [2.45, 2.75) is 25.3 Å². The second kappa shape index (κ2) is 6.98. The zero-order valence-corrected chi connectivity index (χ0v) is 12.9. The van der Waals surface area contributed by atoms with Gasteiger partial charge in [-0.3, -0.25) is 4.79 Å². The maximum atomic E-state index is 11.9. The number of hydrogen-bond acceptors (Lipinski definition) is 3. The number of halogens is 1. The molecule has 1 aromatic carbocycles. The highest BCUT2D eigenvalue weighted by Gasteiger charge is 2.11. The lowest BCUT2D eigenvalue weighted by Crippen LogP contribution is -2.13. The third kappa shape index (κ3) is 4.27. The van der Waals surface area contributed by atoms with Gasteiger partial charge in [-0.1, -0.05) is 30.3 Å². The Morgan fingerprint density at radius 2 is 2.00 bits per heavy atom. The summed E-state index contributed by atoms with van der Waals surface area (Å²) in [6.07, 6.45) is 1.73. The van der Waals surface area contributed by atoms with E-state index in [1.54, 1.807) is 11.3 Å². The molecule has 0 aliphatic carbocycles. The van der Waals surface area contributed by atoms with Gasteiger partial charge < -0.3 is 5.73 Å². The highest BCUT2D eigenvalue weighted by molar-refractivity contribution is 9.10. The molecule has 2 N–H and O–H groups in total. The zero-order chi connectivity index (χ0) is 13.7. The van der Waals surface area contributed by atoms with E-state index < -0.39 is 0 Å². The fraction of sp³-hybridized carbons (Fsp3) is 0.267. The third-order valence-corrected chi connectivity index (χ3v) is 4.94. The fourth-order valence-electron chi connectivity index (χ4n) is 1.90. The molecule has 0 aliphatic heterocycles. The van der Waals surface area contributed by atoms with Gasteiger partial charge in [0.25, 0.3) is 0 Å². The van der Waals surface area contributed by atoms with Crippen LogP contribution in [0.1, 0.15) is 29.3 Å². The SMILES string of the molecule is NC(CCC(=O)Cc1sccc1Br)c1ccccc1. The smallest absolute Gasteiger partial charge is 0.138 e. The fourth-order valence-corrected chi connectivity index (χ4v) is 3.42. The predicted molar refractivity (Wildman–Crippen MR) is 83.3 cm³/mol. The Kier molecular flexibility index (Phi) is 5.31. The lowest BCUT2D eigenvalue weighted by atomic mass is 10.0. The number of carbonyl (C=O) groups excluding carboxylic acids is 1. The first-order valence-corrected chi connectivity index (χ1v) is 7.88. The molecule has 19 heavy (non-hydrogen) atoms. The van der Waals surface area contributed by atoms with Crippen LogP contribution < -0.4 is 5.73 Å². The number of Topliss-reactive ketones (excluding diaryl/α,β-unsaturated/α-hetero) is 1. The zero-order valence-electron chi connectivity index (χ0n) is 10.5. The number of thiophene rings is 1. The second-order valence-corrected chi connectivity index (χ2v) is 6.32. The molecule has 1 heterocycles. The lowest BCUT2D eigenvalue weighted by molar-refractivity contribution is -0.118. The summed E-state index contributed by atoms with van der Waals surface area (Å²) in [6, 6.07) is 11.8. The summed E-state index contributed by atoms with van der Waals surface area (Å²) < 4.78 is 1.03. The first-order chi connectivity index (χ1) is 9.16. The van der Waals surface area contributed by atoms with E-state index in [9.17, 15) is 4.79 Å². The summed E-state index contributed by atoms with van der Waals surface area (Å²) in [4.78, 5) is 13.0. The molecule has 1 aromatic heterocycles. The van der Waals surface area contributed by atoms with Crippen molar-refractivity contribution in [2.24, 2.45) is 5.73 Å². The van der Waals surface area contributed by atoms with Gasteiger partial charge in [-0.15, -0.1) is 11.3 Å². The van der Waals surface area contributed by atoms with Crippen LogP contribution in [0.25, 0.3) is 0 Å². The van der Waals surface area contributed by atoms with Crippen molar-refractivity contribution in [2.75, 3.05) is 0 Å². The Morgan fingerprint density at radius 1 is 1.26 bits per heavy atom. The van der Waals surface area contributed by atoms with Crippen LogP contribution in [0, 0.1) is 0 Å². The van der Waals surface area contributed by atoms with Crippen LogP contribution in [0.15, 0.2) is 46.3 Å². The van der Waals surface area contributed by atoms with Crippen LogP contribution in [-0.4, -0.2) is 5.78 Å². The molecule has 0 amide bonds. The molecule has 2 rings (SSSR count). The second-order valence-electron chi connectivity index (χ2n) is 4.46. The molecule has 0 fully saturated rings. The standard InChI is InChI=1S/C15H16BrNOS/c16-13-8-9-19-15(13)10-12(18)6-7-14(17)11-4-2-1-3-5-11/h1-5,8-9,14H,6-7,10,17H2. The van der Waals surface area contributed by atoms with Gasteiger partial charge in [0.1, 0.15) is 5.78 Å². The number of rotatable bonds is 6. The summed E-state index contributed by atoms with van der Waals surface area (Å²) in [5, 5.41) is 1.99. The average Bonchev–Trinajstić information content (AvgIpc) is 2.82. The Hall–Kier alpha value is -0.970. The van der Waals surface area contributed by atoms with Crippen molar-refractivity contribution in [3.05, 3.63) is 56.7 Å². The van der Waals surface area contributed by atoms with Gasteiger partial charge in [-0.25, -0.2) is 0 Å².